The Bertz CT molecular complexity index is 369. The van der Waals surface area contributed by atoms with E-state index in [4.69, 9.17) is 5.73 Å². The molecule has 82 valence electrons. The number of anilines is 1. The number of alkyl halides is 2. The number of carbonyl (C=O) groups is 1. The van der Waals surface area contributed by atoms with E-state index in [0.717, 1.165) is 6.07 Å². The van der Waals surface area contributed by atoms with Gasteiger partial charge in [0.05, 0.1) is 19.2 Å². The molecule has 0 bridgehead atoms. The van der Waals surface area contributed by atoms with E-state index in [-0.39, 0.29) is 17.8 Å². The highest BCUT2D eigenvalue weighted by molar-refractivity contribution is 5.72. The van der Waals surface area contributed by atoms with Crippen LogP contribution in [0.5, 0.6) is 0 Å². The van der Waals surface area contributed by atoms with E-state index in [9.17, 15) is 13.6 Å². The van der Waals surface area contributed by atoms with Crippen molar-refractivity contribution in [1.82, 2.24) is 4.98 Å². The van der Waals surface area contributed by atoms with Gasteiger partial charge in [-0.2, -0.15) is 0 Å². The largest absolute Gasteiger partial charge is 0.469 e. The molecule has 0 spiro atoms. The van der Waals surface area contributed by atoms with Crippen LogP contribution in [0.3, 0.4) is 0 Å². The number of hydrogen-bond donors (Lipinski definition) is 1. The second kappa shape index (κ2) is 4.68. The van der Waals surface area contributed by atoms with Crippen LogP contribution in [0.2, 0.25) is 0 Å². The molecule has 0 atom stereocenters. The van der Waals surface area contributed by atoms with Crippen LogP contribution in [0.15, 0.2) is 12.1 Å². The van der Waals surface area contributed by atoms with Crippen molar-refractivity contribution in [2.75, 3.05) is 12.8 Å². The lowest BCUT2D eigenvalue weighted by Crippen LogP contribution is -2.08. The molecule has 1 aromatic heterocycles. The number of pyridine rings is 1. The lowest BCUT2D eigenvalue weighted by molar-refractivity contribution is -0.139. The van der Waals surface area contributed by atoms with E-state index < -0.39 is 18.1 Å². The average molecular weight is 216 g/mol. The van der Waals surface area contributed by atoms with Gasteiger partial charge in [-0.05, 0) is 12.1 Å². The first-order chi connectivity index (χ1) is 7.02. The standard InChI is InChI=1S/C9H10F2N2O2/c1-15-8(14)4-6-2-5(12)3-7(13-6)9(10)11/h2-3,9H,4H2,1H3,(H2,12,13). The van der Waals surface area contributed by atoms with Crippen LogP contribution in [0.4, 0.5) is 14.5 Å². The maximum Gasteiger partial charge on any atom is 0.311 e. The third-order valence-electron chi connectivity index (χ3n) is 1.70. The molecule has 0 radical (unpaired) electrons. The molecule has 1 rings (SSSR count). The molecular weight excluding hydrogens is 206 g/mol. The molecule has 0 aromatic carbocycles. The van der Waals surface area contributed by atoms with Gasteiger partial charge in [0.2, 0.25) is 0 Å². The predicted octanol–water partition coefficient (Wildman–Crippen LogP) is 1.32. The summed E-state index contributed by atoms with van der Waals surface area (Å²) in [6, 6.07) is 2.44. The van der Waals surface area contributed by atoms with E-state index in [1.54, 1.807) is 0 Å². The van der Waals surface area contributed by atoms with Crippen molar-refractivity contribution in [3.05, 3.63) is 23.5 Å². The number of hydrogen-bond acceptors (Lipinski definition) is 4. The van der Waals surface area contributed by atoms with Crippen molar-refractivity contribution in [1.29, 1.82) is 0 Å². The van der Waals surface area contributed by atoms with Crippen LogP contribution in [-0.2, 0) is 16.0 Å². The molecule has 6 heteroatoms. The summed E-state index contributed by atoms with van der Waals surface area (Å²) in [5, 5.41) is 0. The minimum atomic E-state index is -2.70. The summed E-state index contributed by atoms with van der Waals surface area (Å²) in [6.45, 7) is 0. The molecule has 0 saturated heterocycles. The van der Waals surface area contributed by atoms with E-state index in [1.165, 1.54) is 13.2 Å². The van der Waals surface area contributed by atoms with Crippen molar-refractivity contribution < 1.29 is 18.3 Å². The Hall–Kier alpha value is -1.72. The fourth-order valence-corrected chi connectivity index (χ4v) is 1.06. The number of rotatable bonds is 3. The molecule has 1 heterocycles. The minimum Gasteiger partial charge on any atom is -0.469 e. The van der Waals surface area contributed by atoms with E-state index >= 15 is 0 Å². The van der Waals surface area contributed by atoms with Crippen molar-refractivity contribution in [2.45, 2.75) is 12.8 Å². The monoisotopic (exact) mass is 216 g/mol. The number of nitrogen functional groups attached to an aromatic ring is 1. The molecule has 4 nitrogen and oxygen atoms in total. The first-order valence-electron chi connectivity index (χ1n) is 4.14. The Morgan fingerprint density at radius 2 is 2.27 bits per heavy atom. The summed E-state index contributed by atoms with van der Waals surface area (Å²) in [5.74, 6) is -0.548. The van der Waals surface area contributed by atoms with Gasteiger partial charge in [-0.3, -0.25) is 9.78 Å². The van der Waals surface area contributed by atoms with Crippen molar-refractivity contribution >= 4 is 11.7 Å². The maximum absolute atomic E-state index is 12.3. The third-order valence-corrected chi connectivity index (χ3v) is 1.70. The molecule has 0 aliphatic heterocycles. The zero-order valence-corrected chi connectivity index (χ0v) is 8.04. The summed E-state index contributed by atoms with van der Waals surface area (Å²) in [5.41, 5.74) is 5.28. The Morgan fingerprint density at radius 3 is 2.80 bits per heavy atom. The molecule has 1 aromatic rings. The second-order valence-electron chi connectivity index (χ2n) is 2.87. The number of esters is 1. The van der Waals surface area contributed by atoms with E-state index in [0.29, 0.717) is 0 Å². The lowest BCUT2D eigenvalue weighted by atomic mass is 10.2. The van der Waals surface area contributed by atoms with Crippen LogP contribution < -0.4 is 5.73 Å². The Balaban J connectivity index is 2.93. The van der Waals surface area contributed by atoms with Crippen molar-refractivity contribution in [3.8, 4) is 0 Å². The molecule has 0 aliphatic rings. The van der Waals surface area contributed by atoms with Gasteiger partial charge in [0.1, 0.15) is 5.69 Å². The molecule has 0 aliphatic carbocycles. The van der Waals surface area contributed by atoms with E-state index in [2.05, 4.69) is 9.72 Å². The average Bonchev–Trinajstić information content (AvgIpc) is 2.16. The number of nitrogens with two attached hydrogens (primary N) is 1. The van der Waals surface area contributed by atoms with Gasteiger partial charge in [0.15, 0.2) is 0 Å². The van der Waals surface area contributed by atoms with Gasteiger partial charge in [-0.25, -0.2) is 8.78 Å². The summed E-state index contributed by atoms with van der Waals surface area (Å²) in [4.78, 5) is 14.5. The van der Waals surface area contributed by atoms with Crippen LogP contribution >= 0.6 is 0 Å². The van der Waals surface area contributed by atoms with Gasteiger partial charge in [-0.15, -0.1) is 0 Å². The normalized spacial score (nSPS) is 10.4. The van der Waals surface area contributed by atoms with Crippen LogP contribution in [-0.4, -0.2) is 18.1 Å². The van der Waals surface area contributed by atoms with Crippen molar-refractivity contribution in [2.24, 2.45) is 0 Å². The Kier molecular flexibility index (Phi) is 3.54. The minimum absolute atomic E-state index is 0.152. The predicted molar refractivity (Wildman–Crippen MR) is 49.3 cm³/mol. The molecule has 0 unspecified atom stereocenters. The number of nitrogens with zero attached hydrogens (tertiary/aromatic N) is 1. The fraction of sp³-hybridized carbons (Fsp3) is 0.333. The highest BCUT2D eigenvalue weighted by atomic mass is 19.3. The second-order valence-corrected chi connectivity index (χ2v) is 2.87. The van der Waals surface area contributed by atoms with Gasteiger partial charge in [0.25, 0.3) is 6.43 Å². The number of aromatic nitrogens is 1. The topological polar surface area (TPSA) is 65.2 Å². The summed E-state index contributed by atoms with van der Waals surface area (Å²) < 4.78 is 29.0. The molecular formula is C9H10F2N2O2. The highest BCUT2D eigenvalue weighted by Crippen LogP contribution is 2.19. The van der Waals surface area contributed by atoms with Crippen LogP contribution in [0.25, 0.3) is 0 Å². The summed E-state index contributed by atoms with van der Waals surface area (Å²) in [6.07, 6.45) is -2.87. The van der Waals surface area contributed by atoms with Gasteiger partial charge in [0, 0.05) is 5.69 Å². The van der Waals surface area contributed by atoms with Crippen molar-refractivity contribution in [3.63, 3.8) is 0 Å². The summed E-state index contributed by atoms with van der Waals surface area (Å²) in [7, 11) is 1.21. The van der Waals surface area contributed by atoms with Gasteiger partial charge >= 0.3 is 5.97 Å². The Morgan fingerprint density at radius 1 is 1.60 bits per heavy atom. The zero-order valence-electron chi connectivity index (χ0n) is 8.04. The third kappa shape index (κ3) is 3.16. The summed E-state index contributed by atoms with van der Waals surface area (Å²) >= 11 is 0. The van der Waals surface area contributed by atoms with Gasteiger partial charge in [-0.1, -0.05) is 0 Å². The number of carbonyl (C=O) groups excluding carboxylic acids is 1. The number of ether oxygens (including phenoxy) is 1. The lowest BCUT2D eigenvalue weighted by Gasteiger charge is -2.04. The highest BCUT2D eigenvalue weighted by Gasteiger charge is 2.12. The van der Waals surface area contributed by atoms with Gasteiger partial charge < -0.3 is 10.5 Å². The number of halogens is 2. The molecule has 0 amide bonds. The SMILES string of the molecule is COC(=O)Cc1cc(N)cc(C(F)F)n1. The molecule has 2 N–H and O–H groups in total. The first kappa shape index (κ1) is 11.4. The molecule has 15 heavy (non-hydrogen) atoms. The molecule has 0 fully saturated rings. The smallest absolute Gasteiger partial charge is 0.311 e. The molecule has 0 saturated carbocycles. The quantitative estimate of drug-likeness (QED) is 0.774. The van der Waals surface area contributed by atoms with E-state index in [1.807, 2.05) is 0 Å². The number of methoxy groups -OCH3 is 1. The maximum atomic E-state index is 12.3. The zero-order chi connectivity index (χ0) is 11.4. The Labute approximate surface area is 85.1 Å². The first-order valence-corrected chi connectivity index (χ1v) is 4.14. The fourth-order valence-electron chi connectivity index (χ4n) is 1.06. The van der Waals surface area contributed by atoms with Crippen LogP contribution in [0, 0.1) is 0 Å². The van der Waals surface area contributed by atoms with Crippen LogP contribution in [0.1, 0.15) is 17.8 Å².